The number of ether oxygens (including phenoxy) is 2. The predicted molar refractivity (Wildman–Crippen MR) is 75.6 cm³/mol. The number of hydrogen-bond acceptors (Lipinski definition) is 3. The maximum atomic E-state index is 11.7. The van der Waals surface area contributed by atoms with E-state index in [4.69, 9.17) is 9.47 Å². The minimum absolute atomic E-state index is 0.357. The van der Waals surface area contributed by atoms with Crippen LogP contribution in [0.25, 0.3) is 10.8 Å². The molecule has 0 aliphatic carbocycles. The van der Waals surface area contributed by atoms with Crippen LogP contribution in [0.1, 0.15) is 13.8 Å². The van der Waals surface area contributed by atoms with Crippen molar-refractivity contribution in [2.45, 2.75) is 13.8 Å². The number of benzene rings is 2. The summed E-state index contributed by atoms with van der Waals surface area (Å²) < 4.78 is 10.9. The predicted octanol–water partition coefficient (Wildman–Crippen LogP) is 3.72. The Labute approximate surface area is 112 Å². The molecule has 0 aliphatic rings. The summed E-state index contributed by atoms with van der Waals surface area (Å²) in [6.07, 6.45) is 0. The second-order valence-corrected chi connectivity index (χ2v) is 4.22. The van der Waals surface area contributed by atoms with E-state index in [1.165, 1.54) is 0 Å². The van der Waals surface area contributed by atoms with Crippen molar-refractivity contribution < 1.29 is 14.3 Å². The minimum atomic E-state index is -0.447. The first-order valence-corrected chi connectivity index (χ1v) is 6.15. The third-order valence-electron chi connectivity index (χ3n) is 2.69. The zero-order valence-electron chi connectivity index (χ0n) is 11.1. The molecule has 0 spiro atoms. The molecule has 0 atom stereocenters. The zero-order valence-corrected chi connectivity index (χ0v) is 11.1. The Morgan fingerprint density at radius 3 is 2.63 bits per heavy atom. The van der Waals surface area contributed by atoms with Gasteiger partial charge in [0.05, 0.1) is 6.61 Å². The van der Waals surface area contributed by atoms with Gasteiger partial charge in [-0.3, -0.25) is 0 Å². The van der Waals surface area contributed by atoms with Gasteiger partial charge in [0.15, 0.2) is 11.5 Å². The van der Waals surface area contributed by atoms with Crippen molar-refractivity contribution in [2.75, 3.05) is 6.61 Å². The standard InChI is InChI=1S/C16H16O3/c1-4-18-14-10-9-12-7-5-6-8-13(12)15(14)19-16(17)11(2)3/h5-10H,2,4H2,1,3H3. The fourth-order valence-electron chi connectivity index (χ4n) is 1.78. The molecule has 0 unspecified atom stereocenters. The Morgan fingerprint density at radius 2 is 1.95 bits per heavy atom. The first-order chi connectivity index (χ1) is 9.13. The van der Waals surface area contributed by atoms with Gasteiger partial charge in [0.25, 0.3) is 0 Å². The van der Waals surface area contributed by atoms with Crippen molar-refractivity contribution in [3.05, 3.63) is 48.6 Å². The number of carbonyl (C=O) groups excluding carboxylic acids is 1. The van der Waals surface area contributed by atoms with E-state index < -0.39 is 5.97 Å². The zero-order chi connectivity index (χ0) is 13.8. The van der Waals surface area contributed by atoms with Gasteiger partial charge >= 0.3 is 5.97 Å². The molecule has 2 aromatic rings. The lowest BCUT2D eigenvalue weighted by molar-refractivity contribution is -0.130. The molecule has 0 bridgehead atoms. The van der Waals surface area contributed by atoms with Crippen LogP contribution in [0.5, 0.6) is 11.5 Å². The molecule has 2 aromatic carbocycles. The summed E-state index contributed by atoms with van der Waals surface area (Å²) in [6, 6.07) is 11.5. The van der Waals surface area contributed by atoms with Crippen LogP contribution in [0.15, 0.2) is 48.6 Å². The first kappa shape index (κ1) is 13.1. The number of rotatable bonds is 4. The SMILES string of the molecule is C=C(C)C(=O)Oc1c(OCC)ccc2ccccc12. The average molecular weight is 256 g/mol. The van der Waals surface area contributed by atoms with Crippen LogP contribution in [0.2, 0.25) is 0 Å². The lowest BCUT2D eigenvalue weighted by atomic mass is 10.1. The van der Waals surface area contributed by atoms with Crippen LogP contribution in [0, 0.1) is 0 Å². The van der Waals surface area contributed by atoms with Crippen LogP contribution in [0.3, 0.4) is 0 Å². The highest BCUT2D eigenvalue weighted by atomic mass is 16.6. The van der Waals surface area contributed by atoms with E-state index in [-0.39, 0.29) is 0 Å². The van der Waals surface area contributed by atoms with E-state index in [1.54, 1.807) is 6.92 Å². The summed E-state index contributed by atoms with van der Waals surface area (Å²) in [5.41, 5.74) is 0.357. The van der Waals surface area contributed by atoms with Gasteiger partial charge in [0.2, 0.25) is 0 Å². The van der Waals surface area contributed by atoms with Gasteiger partial charge < -0.3 is 9.47 Å². The molecule has 0 amide bonds. The summed E-state index contributed by atoms with van der Waals surface area (Å²) in [7, 11) is 0. The number of hydrogen-bond donors (Lipinski definition) is 0. The highest BCUT2D eigenvalue weighted by molar-refractivity contribution is 5.96. The van der Waals surface area contributed by atoms with E-state index in [0.717, 1.165) is 10.8 Å². The van der Waals surface area contributed by atoms with E-state index in [0.29, 0.717) is 23.7 Å². The van der Waals surface area contributed by atoms with Gasteiger partial charge in [0, 0.05) is 11.0 Å². The lowest BCUT2D eigenvalue weighted by Crippen LogP contribution is -2.09. The maximum Gasteiger partial charge on any atom is 0.338 e. The molecule has 0 radical (unpaired) electrons. The molecule has 0 fully saturated rings. The van der Waals surface area contributed by atoms with Crippen LogP contribution in [-0.4, -0.2) is 12.6 Å². The van der Waals surface area contributed by atoms with Gasteiger partial charge in [-0.2, -0.15) is 0 Å². The summed E-state index contributed by atoms with van der Waals surface area (Å²) in [5.74, 6) is 0.570. The van der Waals surface area contributed by atoms with Gasteiger partial charge in [-0.1, -0.05) is 36.9 Å². The Morgan fingerprint density at radius 1 is 1.21 bits per heavy atom. The van der Waals surface area contributed by atoms with Crippen molar-refractivity contribution in [3.8, 4) is 11.5 Å². The van der Waals surface area contributed by atoms with Gasteiger partial charge in [-0.05, 0) is 25.3 Å². The quantitative estimate of drug-likeness (QED) is 0.475. The molecule has 0 aromatic heterocycles. The minimum Gasteiger partial charge on any atom is -0.490 e. The fourth-order valence-corrected chi connectivity index (χ4v) is 1.78. The molecule has 19 heavy (non-hydrogen) atoms. The number of carbonyl (C=O) groups is 1. The Bertz CT molecular complexity index is 629. The molecular formula is C16H16O3. The number of esters is 1. The average Bonchev–Trinajstić information content (AvgIpc) is 2.41. The topological polar surface area (TPSA) is 35.5 Å². The highest BCUT2D eigenvalue weighted by Crippen LogP contribution is 2.36. The fraction of sp³-hybridized carbons (Fsp3) is 0.188. The molecule has 0 aliphatic heterocycles. The normalized spacial score (nSPS) is 10.2. The van der Waals surface area contributed by atoms with Gasteiger partial charge in [-0.15, -0.1) is 0 Å². The largest absolute Gasteiger partial charge is 0.490 e. The summed E-state index contributed by atoms with van der Waals surface area (Å²) in [4.78, 5) is 11.7. The van der Waals surface area contributed by atoms with E-state index in [2.05, 4.69) is 6.58 Å². The van der Waals surface area contributed by atoms with Crippen LogP contribution >= 0.6 is 0 Å². The van der Waals surface area contributed by atoms with Crippen molar-refractivity contribution in [1.29, 1.82) is 0 Å². The van der Waals surface area contributed by atoms with Crippen molar-refractivity contribution in [3.63, 3.8) is 0 Å². The second kappa shape index (κ2) is 5.57. The van der Waals surface area contributed by atoms with Crippen LogP contribution in [-0.2, 0) is 4.79 Å². The smallest absolute Gasteiger partial charge is 0.338 e. The maximum absolute atomic E-state index is 11.7. The Kier molecular flexibility index (Phi) is 3.85. The Hall–Kier alpha value is -2.29. The van der Waals surface area contributed by atoms with Crippen LogP contribution < -0.4 is 9.47 Å². The van der Waals surface area contributed by atoms with Crippen molar-refractivity contribution in [2.24, 2.45) is 0 Å². The van der Waals surface area contributed by atoms with Crippen molar-refractivity contribution >= 4 is 16.7 Å². The second-order valence-electron chi connectivity index (χ2n) is 4.22. The van der Waals surface area contributed by atoms with Gasteiger partial charge in [0.1, 0.15) is 0 Å². The lowest BCUT2D eigenvalue weighted by Gasteiger charge is -2.13. The molecule has 98 valence electrons. The van der Waals surface area contributed by atoms with Crippen LogP contribution in [0.4, 0.5) is 0 Å². The van der Waals surface area contributed by atoms with Gasteiger partial charge in [-0.25, -0.2) is 4.79 Å². The molecule has 3 nitrogen and oxygen atoms in total. The van der Waals surface area contributed by atoms with E-state index >= 15 is 0 Å². The molecule has 0 saturated heterocycles. The van der Waals surface area contributed by atoms with Crippen molar-refractivity contribution in [1.82, 2.24) is 0 Å². The summed E-state index contributed by atoms with van der Waals surface area (Å²) in [5, 5.41) is 1.85. The Balaban J connectivity index is 2.55. The van der Waals surface area contributed by atoms with E-state index in [9.17, 15) is 4.79 Å². The third-order valence-corrected chi connectivity index (χ3v) is 2.69. The monoisotopic (exact) mass is 256 g/mol. The highest BCUT2D eigenvalue weighted by Gasteiger charge is 2.14. The van der Waals surface area contributed by atoms with E-state index in [1.807, 2.05) is 43.3 Å². The third kappa shape index (κ3) is 2.76. The molecule has 3 heteroatoms. The molecule has 0 saturated carbocycles. The summed E-state index contributed by atoms with van der Waals surface area (Å²) in [6.45, 7) is 7.61. The molecule has 2 rings (SSSR count). The molecule has 0 N–H and O–H groups in total. The summed E-state index contributed by atoms with van der Waals surface area (Å²) >= 11 is 0. The first-order valence-electron chi connectivity index (χ1n) is 6.15. The number of fused-ring (bicyclic) bond motifs is 1. The molecule has 0 heterocycles. The molecular weight excluding hydrogens is 240 g/mol.